The summed E-state index contributed by atoms with van der Waals surface area (Å²) >= 11 is 1.83. The van der Waals surface area contributed by atoms with Crippen molar-refractivity contribution < 1.29 is 8.42 Å². The minimum atomic E-state index is -3.05. The third-order valence-electron chi connectivity index (χ3n) is 4.51. The average molecular weight is 387 g/mol. The molecule has 0 saturated carbocycles. The molecule has 1 unspecified atom stereocenters. The number of aryl methyl sites for hydroxylation is 1. The average Bonchev–Trinajstić information content (AvgIpc) is 2.95. The highest BCUT2D eigenvalue weighted by Gasteiger charge is 2.24. The van der Waals surface area contributed by atoms with Gasteiger partial charge in [0, 0.05) is 48.9 Å². The van der Waals surface area contributed by atoms with Crippen molar-refractivity contribution in [3.63, 3.8) is 0 Å². The van der Waals surface area contributed by atoms with Crippen molar-refractivity contribution in [2.75, 3.05) is 32.9 Å². The normalized spacial score (nSPS) is 19.0. The Bertz CT molecular complexity index is 677. The standard InChI is InChI=1S/C17H30N4O2S2/c1-13(11-16-6-5-14(2)24-16)20-17(18-3)19-12-15-7-9-21(10-8-15)25(4,22)23/h5-6,13,15H,7-12H2,1-4H3,(H2,18,19,20). The molecule has 2 N–H and O–H groups in total. The van der Waals surface area contributed by atoms with E-state index in [1.807, 2.05) is 11.3 Å². The van der Waals surface area contributed by atoms with E-state index in [4.69, 9.17) is 0 Å². The lowest BCUT2D eigenvalue weighted by Crippen LogP contribution is -2.46. The van der Waals surface area contributed by atoms with Gasteiger partial charge in [0.15, 0.2) is 5.96 Å². The van der Waals surface area contributed by atoms with Gasteiger partial charge in [0.25, 0.3) is 0 Å². The quantitative estimate of drug-likeness (QED) is 0.578. The maximum Gasteiger partial charge on any atom is 0.211 e. The van der Waals surface area contributed by atoms with Gasteiger partial charge in [0.1, 0.15) is 0 Å². The number of rotatable bonds is 6. The fourth-order valence-corrected chi connectivity index (χ4v) is 4.95. The summed E-state index contributed by atoms with van der Waals surface area (Å²) in [6.07, 6.45) is 4.04. The SMILES string of the molecule is CN=C(NCC1CCN(S(C)(=O)=O)CC1)NC(C)Cc1ccc(C)s1. The Morgan fingerprint density at radius 1 is 1.40 bits per heavy atom. The number of nitrogens with one attached hydrogen (secondary N) is 2. The Balaban J connectivity index is 1.73. The molecule has 0 amide bonds. The molecule has 0 aliphatic carbocycles. The minimum absolute atomic E-state index is 0.302. The van der Waals surface area contributed by atoms with Crippen molar-refractivity contribution in [1.82, 2.24) is 14.9 Å². The highest BCUT2D eigenvalue weighted by molar-refractivity contribution is 7.88. The first-order chi connectivity index (χ1) is 11.8. The number of hydrogen-bond donors (Lipinski definition) is 2. The molecule has 1 fully saturated rings. The number of sulfonamides is 1. The van der Waals surface area contributed by atoms with Crippen molar-refractivity contribution in [2.45, 2.75) is 39.2 Å². The first kappa shape index (κ1) is 20.2. The smallest absolute Gasteiger partial charge is 0.211 e. The maximum absolute atomic E-state index is 11.6. The molecule has 1 aromatic rings. The van der Waals surface area contributed by atoms with Crippen molar-refractivity contribution >= 4 is 27.3 Å². The third kappa shape index (κ3) is 6.60. The van der Waals surface area contributed by atoms with Gasteiger partial charge in [0.2, 0.25) is 10.0 Å². The van der Waals surface area contributed by atoms with Gasteiger partial charge in [-0.1, -0.05) is 0 Å². The van der Waals surface area contributed by atoms with Crippen molar-refractivity contribution in [3.8, 4) is 0 Å². The van der Waals surface area contributed by atoms with Crippen LogP contribution in [0.1, 0.15) is 29.5 Å². The predicted octanol–water partition coefficient (Wildman–Crippen LogP) is 1.82. The first-order valence-electron chi connectivity index (χ1n) is 8.75. The van der Waals surface area contributed by atoms with Gasteiger partial charge in [-0.05, 0) is 44.7 Å². The molecule has 0 spiro atoms. The lowest BCUT2D eigenvalue weighted by Gasteiger charge is -2.30. The molecule has 8 heteroatoms. The summed E-state index contributed by atoms with van der Waals surface area (Å²) in [5, 5.41) is 6.83. The zero-order valence-electron chi connectivity index (χ0n) is 15.6. The molecule has 142 valence electrons. The monoisotopic (exact) mass is 386 g/mol. The van der Waals surface area contributed by atoms with Crippen LogP contribution in [-0.4, -0.2) is 57.7 Å². The second-order valence-corrected chi connectivity index (χ2v) is 10.2. The van der Waals surface area contributed by atoms with Gasteiger partial charge in [-0.25, -0.2) is 12.7 Å². The molecule has 1 aromatic heterocycles. The molecule has 1 atom stereocenters. The summed E-state index contributed by atoms with van der Waals surface area (Å²) in [7, 11) is -1.27. The summed E-state index contributed by atoms with van der Waals surface area (Å²) in [6.45, 7) is 6.34. The molecule has 1 aliphatic rings. The second kappa shape index (κ2) is 9.00. The summed E-state index contributed by atoms with van der Waals surface area (Å²) < 4.78 is 24.7. The molecule has 2 heterocycles. The molecule has 0 bridgehead atoms. The van der Waals surface area contributed by atoms with E-state index < -0.39 is 10.0 Å². The van der Waals surface area contributed by atoms with E-state index in [9.17, 15) is 8.42 Å². The Hall–Kier alpha value is -1.12. The van der Waals surface area contributed by atoms with E-state index in [2.05, 4.69) is 41.6 Å². The third-order valence-corrected chi connectivity index (χ3v) is 6.84. The maximum atomic E-state index is 11.6. The largest absolute Gasteiger partial charge is 0.356 e. The molecule has 6 nitrogen and oxygen atoms in total. The van der Waals surface area contributed by atoms with Gasteiger partial charge >= 0.3 is 0 Å². The number of hydrogen-bond acceptors (Lipinski definition) is 4. The van der Waals surface area contributed by atoms with Crippen molar-refractivity contribution in [3.05, 3.63) is 21.9 Å². The highest BCUT2D eigenvalue weighted by atomic mass is 32.2. The van der Waals surface area contributed by atoms with E-state index in [1.165, 1.54) is 16.0 Å². The number of nitrogens with zero attached hydrogens (tertiary/aromatic N) is 2. The topological polar surface area (TPSA) is 73.8 Å². The van der Waals surface area contributed by atoms with Crippen LogP contribution in [0, 0.1) is 12.8 Å². The van der Waals surface area contributed by atoms with E-state index in [-0.39, 0.29) is 0 Å². The van der Waals surface area contributed by atoms with Crippen molar-refractivity contribution in [1.29, 1.82) is 0 Å². The molecule has 1 aliphatic heterocycles. The summed E-state index contributed by atoms with van der Waals surface area (Å²) in [4.78, 5) is 7.02. The molecule has 1 saturated heterocycles. The lowest BCUT2D eigenvalue weighted by atomic mass is 9.98. The predicted molar refractivity (Wildman–Crippen MR) is 106 cm³/mol. The number of thiophene rings is 1. The molecule has 25 heavy (non-hydrogen) atoms. The minimum Gasteiger partial charge on any atom is -0.356 e. The van der Waals surface area contributed by atoms with Crippen LogP contribution in [0.4, 0.5) is 0 Å². The zero-order chi connectivity index (χ0) is 18.4. The fraction of sp³-hybridized carbons (Fsp3) is 0.706. The van der Waals surface area contributed by atoms with E-state index >= 15 is 0 Å². The van der Waals surface area contributed by atoms with Crippen LogP contribution in [0.15, 0.2) is 17.1 Å². The zero-order valence-corrected chi connectivity index (χ0v) is 17.2. The Morgan fingerprint density at radius 2 is 2.08 bits per heavy atom. The van der Waals surface area contributed by atoms with Crippen LogP contribution in [-0.2, 0) is 16.4 Å². The van der Waals surface area contributed by atoms with E-state index in [0.717, 1.165) is 31.8 Å². The molecular formula is C17H30N4O2S2. The van der Waals surface area contributed by atoms with E-state index in [1.54, 1.807) is 11.4 Å². The highest BCUT2D eigenvalue weighted by Crippen LogP contribution is 2.18. The lowest BCUT2D eigenvalue weighted by molar-refractivity contribution is 0.274. The summed E-state index contributed by atoms with van der Waals surface area (Å²) in [6, 6.07) is 4.64. The first-order valence-corrected chi connectivity index (χ1v) is 11.4. The Labute approximate surface area is 155 Å². The number of aliphatic imine (C=N–C) groups is 1. The molecule has 2 rings (SSSR count). The van der Waals surface area contributed by atoms with Crippen LogP contribution in [0.2, 0.25) is 0 Å². The van der Waals surface area contributed by atoms with Gasteiger partial charge in [0.05, 0.1) is 6.26 Å². The fourth-order valence-electron chi connectivity index (χ4n) is 3.06. The summed E-state index contributed by atoms with van der Waals surface area (Å²) in [5.74, 6) is 1.29. The number of guanidine groups is 1. The molecule has 0 aromatic carbocycles. The molecular weight excluding hydrogens is 356 g/mol. The van der Waals surface area contributed by atoms with Crippen LogP contribution in [0.3, 0.4) is 0 Å². The van der Waals surface area contributed by atoms with Gasteiger partial charge in [-0.3, -0.25) is 4.99 Å². The summed E-state index contributed by atoms with van der Waals surface area (Å²) in [5.41, 5.74) is 0. The Kier molecular flexibility index (Phi) is 7.27. The van der Waals surface area contributed by atoms with Crippen LogP contribution in [0.25, 0.3) is 0 Å². The van der Waals surface area contributed by atoms with Gasteiger partial charge < -0.3 is 10.6 Å². The van der Waals surface area contributed by atoms with Crippen LogP contribution in [0.5, 0.6) is 0 Å². The number of piperidine rings is 1. The Morgan fingerprint density at radius 3 is 2.60 bits per heavy atom. The van der Waals surface area contributed by atoms with Gasteiger partial charge in [-0.2, -0.15) is 0 Å². The van der Waals surface area contributed by atoms with Crippen LogP contribution < -0.4 is 10.6 Å². The van der Waals surface area contributed by atoms with Gasteiger partial charge in [-0.15, -0.1) is 11.3 Å². The van der Waals surface area contributed by atoms with E-state index in [0.29, 0.717) is 25.0 Å². The second-order valence-electron chi connectivity index (χ2n) is 6.82. The molecule has 0 radical (unpaired) electrons. The van der Waals surface area contributed by atoms with Crippen molar-refractivity contribution in [2.24, 2.45) is 10.9 Å². The van der Waals surface area contributed by atoms with Crippen LogP contribution >= 0.6 is 11.3 Å².